The summed E-state index contributed by atoms with van der Waals surface area (Å²) in [5.41, 5.74) is 6.57. The van der Waals surface area contributed by atoms with Gasteiger partial charge in [-0.05, 0) is 82.8 Å². The van der Waals surface area contributed by atoms with Gasteiger partial charge < -0.3 is 15.0 Å². The van der Waals surface area contributed by atoms with Crippen molar-refractivity contribution >= 4 is 55.0 Å². The number of benzene rings is 3. The first-order valence-electron chi connectivity index (χ1n) is 16.5. The van der Waals surface area contributed by atoms with E-state index in [1.54, 1.807) is 0 Å². The number of ketones is 2. The van der Waals surface area contributed by atoms with Gasteiger partial charge in [0.25, 0.3) is 5.91 Å². The van der Waals surface area contributed by atoms with Gasteiger partial charge in [-0.15, -0.1) is 0 Å². The number of carbonyl (C=O) groups excluding carboxylic acids is 3. The van der Waals surface area contributed by atoms with Gasteiger partial charge in [-0.2, -0.15) is 0 Å². The number of nitrogens with zero attached hydrogens (tertiary/aromatic N) is 1. The Morgan fingerprint density at radius 2 is 1.44 bits per heavy atom. The summed E-state index contributed by atoms with van der Waals surface area (Å²) >= 11 is 7.37. The minimum atomic E-state index is -0.612. The van der Waals surface area contributed by atoms with Crippen molar-refractivity contribution in [1.29, 1.82) is 0 Å². The summed E-state index contributed by atoms with van der Waals surface area (Å²) < 4.78 is 7.74. The van der Waals surface area contributed by atoms with E-state index in [9.17, 15) is 14.4 Å². The lowest BCUT2D eigenvalue weighted by Gasteiger charge is -2.49. The van der Waals surface area contributed by atoms with E-state index in [0.717, 1.165) is 40.7 Å². The van der Waals surface area contributed by atoms with Crippen LogP contribution < -0.4 is 10.1 Å². The van der Waals surface area contributed by atoms with Gasteiger partial charge in [0.1, 0.15) is 5.75 Å². The summed E-state index contributed by atoms with van der Waals surface area (Å²) in [7, 11) is 0. The third kappa shape index (κ3) is 7.25. The quantitative estimate of drug-likeness (QED) is 0.247. The summed E-state index contributed by atoms with van der Waals surface area (Å²) in [6.07, 6.45) is 3.00. The highest BCUT2D eigenvalue weighted by molar-refractivity contribution is 9.11. The Kier molecular flexibility index (Phi) is 9.62. The lowest BCUT2D eigenvalue weighted by molar-refractivity contribution is -0.120. The van der Waals surface area contributed by atoms with Crippen molar-refractivity contribution in [3.8, 4) is 5.75 Å². The molecule has 48 heavy (non-hydrogen) atoms. The summed E-state index contributed by atoms with van der Waals surface area (Å²) in [5.74, 6) is -0.354. The molecule has 3 aromatic rings. The van der Waals surface area contributed by atoms with E-state index in [0.29, 0.717) is 52.0 Å². The molecule has 3 aromatic carbocycles. The number of allylic oxidation sites excluding steroid dienone is 4. The molecule has 0 spiro atoms. The molecule has 0 bridgehead atoms. The number of amides is 1. The Balaban J connectivity index is 1.46. The van der Waals surface area contributed by atoms with E-state index in [1.165, 1.54) is 5.56 Å². The number of carbonyl (C=O) groups is 3. The Morgan fingerprint density at radius 1 is 0.854 bits per heavy atom. The van der Waals surface area contributed by atoms with Gasteiger partial charge in [0.15, 0.2) is 18.2 Å². The highest BCUT2D eigenvalue weighted by atomic mass is 79.9. The van der Waals surface area contributed by atoms with Crippen LogP contribution in [-0.2, 0) is 20.8 Å². The number of nitrogens with one attached hydrogen (secondary N) is 1. The van der Waals surface area contributed by atoms with E-state index in [4.69, 9.17) is 4.74 Å². The Bertz CT molecular complexity index is 1790. The van der Waals surface area contributed by atoms with Crippen LogP contribution in [0.4, 0.5) is 5.69 Å². The zero-order valence-electron chi connectivity index (χ0n) is 28.2. The molecule has 1 aliphatic heterocycles. The topological polar surface area (TPSA) is 75.7 Å². The van der Waals surface area contributed by atoms with Crippen LogP contribution in [-0.4, -0.2) is 35.5 Å². The zero-order valence-corrected chi connectivity index (χ0v) is 31.4. The van der Waals surface area contributed by atoms with Crippen molar-refractivity contribution in [2.24, 2.45) is 10.8 Å². The highest BCUT2D eigenvalue weighted by Crippen LogP contribution is 2.56. The average molecular weight is 775 g/mol. The van der Waals surface area contributed by atoms with Crippen molar-refractivity contribution in [3.05, 3.63) is 115 Å². The molecule has 6 rings (SSSR count). The first kappa shape index (κ1) is 34.4. The van der Waals surface area contributed by atoms with Gasteiger partial charge in [0, 0.05) is 63.6 Å². The smallest absolute Gasteiger partial charge is 0.262 e. The fraction of sp³-hybridized carbons (Fsp3) is 0.375. The molecule has 0 atom stereocenters. The summed E-state index contributed by atoms with van der Waals surface area (Å²) in [6.45, 7) is 11.0. The van der Waals surface area contributed by atoms with Gasteiger partial charge in [0.2, 0.25) is 0 Å². The van der Waals surface area contributed by atoms with Crippen molar-refractivity contribution < 1.29 is 19.1 Å². The van der Waals surface area contributed by atoms with E-state index >= 15 is 0 Å². The molecular weight excluding hydrogens is 732 g/mol. The number of halogens is 2. The van der Waals surface area contributed by atoms with E-state index in [-0.39, 0.29) is 34.9 Å². The maximum atomic E-state index is 14.4. The molecule has 8 heteroatoms. The van der Waals surface area contributed by atoms with E-state index in [1.807, 2.05) is 61.5 Å². The molecular formula is C40H42Br2N2O4. The molecule has 1 N–H and O–H groups in total. The van der Waals surface area contributed by atoms with Crippen LogP contribution in [0.5, 0.6) is 5.75 Å². The van der Waals surface area contributed by atoms with E-state index < -0.39 is 5.92 Å². The summed E-state index contributed by atoms with van der Waals surface area (Å²) in [5, 5.41) is 2.90. The number of rotatable bonds is 8. The number of Topliss-reactive ketones (excluding diaryl/α,β-unsaturated/α-hetero) is 2. The van der Waals surface area contributed by atoms with Crippen LogP contribution in [0, 0.1) is 17.8 Å². The highest BCUT2D eigenvalue weighted by Gasteiger charge is 2.49. The number of hydrogen-bond acceptors (Lipinski definition) is 5. The molecule has 6 nitrogen and oxygen atoms in total. The van der Waals surface area contributed by atoms with Crippen molar-refractivity contribution in [3.63, 3.8) is 0 Å². The Hall–Kier alpha value is -3.49. The lowest BCUT2D eigenvalue weighted by Crippen LogP contribution is -2.45. The second kappa shape index (κ2) is 13.4. The van der Waals surface area contributed by atoms with Gasteiger partial charge >= 0.3 is 0 Å². The Morgan fingerprint density at radius 3 is 2.02 bits per heavy atom. The number of hydrogen-bond donors (Lipinski definition) is 1. The third-order valence-electron chi connectivity index (χ3n) is 9.52. The standard InChI is InChI=1S/C40H42Br2N2O4/c1-24-11-13-27(14-12-24)43-34(47)23-48-38-28(17-26(41)18-29(38)42)35-36-30(19-39(2,3)21-32(36)45)44(16-15-25-9-7-6-8-10-25)31-20-40(4,5)22-33(46)37(31)35/h6-14,17-18,35H,15-16,19-23H2,1-5H3,(H,43,47). The Labute approximate surface area is 300 Å². The average Bonchev–Trinajstić information content (AvgIpc) is 2.99. The molecule has 3 aliphatic rings. The molecule has 0 unspecified atom stereocenters. The molecule has 2 aliphatic carbocycles. The first-order chi connectivity index (χ1) is 22.7. The predicted octanol–water partition coefficient (Wildman–Crippen LogP) is 9.47. The maximum Gasteiger partial charge on any atom is 0.262 e. The fourth-order valence-corrected chi connectivity index (χ4v) is 8.81. The maximum absolute atomic E-state index is 14.4. The molecule has 0 radical (unpaired) electrons. The summed E-state index contributed by atoms with van der Waals surface area (Å²) in [4.78, 5) is 44.2. The largest absolute Gasteiger partial charge is 0.482 e. The monoisotopic (exact) mass is 772 g/mol. The van der Waals surface area contributed by atoms with Crippen LogP contribution in [0.2, 0.25) is 0 Å². The third-order valence-corrected chi connectivity index (χ3v) is 10.6. The summed E-state index contributed by atoms with van der Waals surface area (Å²) in [6, 6.07) is 21.8. The zero-order chi connectivity index (χ0) is 34.4. The van der Waals surface area contributed by atoms with Crippen LogP contribution in [0.3, 0.4) is 0 Å². The van der Waals surface area contributed by atoms with E-state index in [2.05, 4.69) is 81.9 Å². The molecule has 0 fully saturated rings. The fourth-order valence-electron chi connectivity index (χ4n) is 7.43. The van der Waals surface area contributed by atoms with Gasteiger partial charge in [0.05, 0.1) is 4.47 Å². The van der Waals surface area contributed by atoms with Gasteiger partial charge in [-0.25, -0.2) is 0 Å². The lowest BCUT2D eigenvalue weighted by atomic mass is 9.63. The van der Waals surface area contributed by atoms with Crippen LogP contribution in [0.25, 0.3) is 0 Å². The minimum Gasteiger partial charge on any atom is -0.482 e. The number of ether oxygens (including phenoxy) is 1. The number of anilines is 1. The van der Waals surface area contributed by atoms with Crippen LogP contribution >= 0.6 is 31.9 Å². The molecule has 250 valence electrons. The molecule has 0 saturated heterocycles. The van der Waals surface area contributed by atoms with Crippen molar-refractivity contribution in [1.82, 2.24) is 4.90 Å². The SMILES string of the molecule is Cc1ccc(NC(=O)COc2c(Br)cc(Br)cc2C2C3=C(CC(C)(C)CC3=O)N(CCc3ccccc3)C3=C2C(=O)CC(C)(C)C3)cc1. The van der Waals surface area contributed by atoms with Crippen molar-refractivity contribution in [2.45, 2.75) is 72.6 Å². The van der Waals surface area contributed by atoms with Crippen LogP contribution in [0.1, 0.15) is 76.0 Å². The van der Waals surface area contributed by atoms with Crippen LogP contribution in [0.15, 0.2) is 98.2 Å². The predicted molar refractivity (Wildman–Crippen MR) is 197 cm³/mol. The normalized spacial score (nSPS) is 18.9. The van der Waals surface area contributed by atoms with Gasteiger partial charge in [-0.1, -0.05) is 91.7 Å². The molecule has 0 aromatic heterocycles. The molecule has 1 amide bonds. The second-order valence-electron chi connectivity index (χ2n) is 14.9. The number of aryl methyl sites for hydroxylation is 1. The molecule has 0 saturated carbocycles. The first-order valence-corrected chi connectivity index (χ1v) is 18.1. The second-order valence-corrected chi connectivity index (χ2v) is 16.7. The minimum absolute atomic E-state index is 0.0549. The molecule has 1 heterocycles. The van der Waals surface area contributed by atoms with Crippen molar-refractivity contribution in [2.75, 3.05) is 18.5 Å². The van der Waals surface area contributed by atoms with Gasteiger partial charge in [-0.3, -0.25) is 14.4 Å².